The van der Waals surface area contributed by atoms with Crippen molar-refractivity contribution in [2.75, 3.05) is 7.11 Å². The molecule has 2 N–H and O–H groups in total. The second-order valence-corrected chi connectivity index (χ2v) is 7.01. The van der Waals surface area contributed by atoms with Crippen LogP contribution in [0.2, 0.25) is 10.0 Å². The molecule has 0 fully saturated rings. The van der Waals surface area contributed by atoms with Gasteiger partial charge >= 0.3 is 5.97 Å². The second kappa shape index (κ2) is 11.1. The Morgan fingerprint density at radius 2 is 1.89 bits per heavy atom. The molecule has 2 rings (SSSR count). The van der Waals surface area contributed by atoms with Crippen molar-refractivity contribution >= 4 is 35.2 Å². The predicted octanol–water partition coefficient (Wildman–Crippen LogP) is 4.26. The predicted molar refractivity (Wildman–Crippen MR) is 110 cm³/mol. The number of esters is 1. The average molecular weight is 425 g/mol. The van der Waals surface area contributed by atoms with Crippen LogP contribution in [0.3, 0.4) is 0 Å². The van der Waals surface area contributed by atoms with Gasteiger partial charge in [0.15, 0.2) is 0 Å². The molecule has 0 saturated heterocycles. The van der Waals surface area contributed by atoms with Crippen LogP contribution >= 0.6 is 23.2 Å². The van der Waals surface area contributed by atoms with E-state index in [0.29, 0.717) is 28.0 Å². The summed E-state index contributed by atoms with van der Waals surface area (Å²) in [5.74, 6) is -0.0686. The van der Waals surface area contributed by atoms with Gasteiger partial charge in [0, 0.05) is 17.0 Å². The maximum absolute atomic E-state index is 11.2. The van der Waals surface area contributed by atoms with Crippen molar-refractivity contribution in [1.82, 2.24) is 0 Å². The van der Waals surface area contributed by atoms with Crippen LogP contribution in [0.5, 0.6) is 5.75 Å². The molecule has 7 heteroatoms. The number of carbonyl (C=O) groups excluding carboxylic acids is 1. The van der Waals surface area contributed by atoms with E-state index in [1.807, 2.05) is 30.3 Å². The fourth-order valence-corrected chi connectivity index (χ4v) is 3.04. The highest BCUT2D eigenvalue weighted by atomic mass is 35.5. The van der Waals surface area contributed by atoms with E-state index in [2.05, 4.69) is 4.74 Å². The van der Waals surface area contributed by atoms with Crippen LogP contribution in [-0.2, 0) is 16.1 Å². The number of aliphatic hydroxyl groups is 2. The molecule has 150 valence electrons. The lowest BCUT2D eigenvalue weighted by molar-refractivity contribution is -0.143. The first-order valence-electron chi connectivity index (χ1n) is 8.66. The Bertz CT molecular complexity index is 808. The number of ether oxygens (including phenoxy) is 2. The standard InChI is InChI=1S/C21H22Cl2O5/c1-27-21(26)12-17(25)11-16(24)7-8-18-19(23)9-15(22)10-20(18)28-13-14-5-3-2-4-6-14/h2-10,16-17,24-25H,11-13H2,1H3/b8-7+/t16-,17-/m0/s1. The molecule has 0 spiro atoms. The highest BCUT2D eigenvalue weighted by molar-refractivity contribution is 6.35. The zero-order valence-electron chi connectivity index (χ0n) is 15.3. The number of halogens is 2. The van der Waals surface area contributed by atoms with Gasteiger partial charge in [0.25, 0.3) is 0 Å². The molecule has 0 bridgehead atoms. The quantitative estimate of drug-likeness (QED) is 0.588. The largest absolute Gasteiger partial charge is 0.488 e. The van der Waals surface area contributed by atoms with E-state index in [0.717, 1.165) is 5.56 Å². The Balaban J connectivity index is 2.08. The summed E-state index contributed by atoms with van der Waals surface area (Å²) in [4.78, 5) is 11.2. The Hall–Kier alpha value is -2.05. The minimum atomic E-state index is -1.01. The average Bonchev–Trinajstić information content (AvgIpc) is 2.65. The molecule has 0 heterocycles. The monoisotopic (exact) mass is 424 g/mol. The van der Waals surface area contributed by atoms with E-state index in [1.54, 1.807) is 18.2 Å². The maximum atomic E-state index is 11.2. The SMILES string of the molecule is COC(=O)C[C@@H](O)C[C@@H](O)/C=C/c1c(Cl)cc(Cl)cc1OCc1ccccc1. The Kier molecular flexibility index (Phi) is 8.80. The van der Waals surface area contributed by atoms with E-state index < -0.39 is 18.2 Å². The van der Waals surface area contributed by atoms with Gasteiger partial charge in [-0.05, 0) is 17.7 Å². The van der Waals surface area contributed by atoms with Crippen molar-refractivity contribution in [3.8, 4) is 5.75 Å². The van der Waals surface area contributed by atoms with E-state index in [1.165, 1.54) is 13.2 Å². The van der Waals surface area contributed by atoms with Gasteiger partial charge in [0.05, 0.1) is 30.8 Å². The van der Waals surface area contributed by atoms with Crippen LogP contribution < -0.4 is 4.74 Å². The van der Waals surface area contributed by atoms with Gasteiger partial charge in [-0.3, -0.25) is 4.79 Å². The van der Waals surface area contributed by atoms with Gasteiger partial charge in [-0.15, -0.1) is 0 Å². The summed E-state index contributed by atoms with van der Waals surface area (Å²) >= 11 is 12.4. The van der Waals surface area contributed by atoms with E-state index in [9.17, 15) is 15.0 Å². The third-order valence-corrected chi connectivity index (χ3v) is 4.45. The number of benzene rings is 2. The summed E-state index contributed by atoms with van der Waals surface area (Å²) in [6, 6.07) is 12.9. The third kappa shape index (κ3) is 7.17. The second-order valence-electron chi connectivity index (χ2n) is 6.17. The lowest BCUT2D eigenvalue weighted by atomic mass is 10.1. The van der Waals surface area contributed by atoms with Crippen LogP contribution in [0.1, 0.15) is 24.0 Å². The molecule has 0 radical (unpaired) electrons. The molecule has 0 aliphatic heterocycles. The van der Waals surface area contributed by atoms with E-state index >= 15 is 0 Å². The fraction of sp³-hybridized carbons (Fsp3) is 0.286. The van der Waals surface area contributed by atoms with Crippen LogP contribution in [0.25, 0.3) is 6.08 Å². The summed E-state index contributed by atoms with van der Waals surface area (Å²) in [5, 5.41) is 20.7. The summed E-state index contributed by atoms with van der Waals surface area (Å²) in [5.41, 5.74) is 1.54. The molecule has 2 atom stereocenters. The van der Waals surface area contributed by atoms with Crippen LogP contribution in [0.15, 0.2) is 48.5 Å². The van der Waals surface area contributed by atoms with Crippen molar-refractivity contribution in [1.29, 1.82) is 0 Å². The zero-order valence-corrected chi connectivity index (χ0v) is 16.9. The molecule has 0 aromatic heterocycles. The van der Waals surface area contributed by atoms with Crippen molar-refractivity contribution in [3.05, 3.63) is 69.7 Å². The van der Waals surface area contributed by atoms with Gasteiger partial charge in [-0.1, -0.05) is 65.7 Å². The summed E-state index contributed by atoms with van der Waals surface area (Å²) in [7, 11) is 1.24. The number of hydrogen-bond acceptors (Lipinski definition) is 5. The smallest absolute Gasteiger partial charge is 0.308 e. The molecule has 0 aliphatic rings. The highest BCUT2D eigenvalue weighted by Gasteiger charge is 2.15. The maximum Gasteiger partial charge on any atom is 0.308 e. The minimum absolute atomic E-state index is 0.0169. The lowest BCUT2D eigenvalue weighted by Crippen LogP contribution is -2.20. The molecule has 28 heavy (non-hydrogen) atoms. The molecule has 5 nitrogen and oxygen atoms in total. The first kappa shape index (κ1) is 22.2. The number of hydrogen-bond donors (Lipinski definition) is 2. The van der Waals surface area contributed by atoms with Crippen LogP contribution in [0.4, 0.5) is 0 Å². The number of carbonyl (C=O) groups is 1. The van der Waals surface area contributed by atoms with Gasteiger partial charge in [0.2, 0.25) is 0 Å². The topological polar surface area (TPSA) is 76.0 Å². The molecule has 0 amide bonds. The summed E-state index contributed by atoms with van der Waals surface area (Å²) < 4.78 is 10.3. The van der Waals surface area contributed by atoms with Crippen LogP contribution in [0, 0.1) is 0 Å². The van der Waals surface area contributed by atoms with E-state index in [-0.39, 0.29) is 12.8 Å². The number of aliphatic hydroxyl groups excluding tert-OH is 2. The minimum Gasteiger partial charge on any atom is -0.488 e. The van der Waals surface area contributed by atoms with Gasteiger partial charge in [-0.25, -0.2) is 0 Å². The van der Waals surface area contributed by atoms with Gasteiger partial charge in [-0.2, -0.15) is 0 Å². The van der Waals surface area contributed by atoms with Crippen molar-refractivity contribution in [2.45, 2.75) is 31.7 Å². The van der Waals surface area contributed by atoms with Gasteiger partial charge < -0.3 is 19.7 Å². The van der Waals surface area contributed by atoms with Crippen molar-refractivity contribution in [2.24, 2.45) is 0 Å². The Morgan fingerprint density at radius 1 is 1.18 bits per heavy atom. The lowest BCUT2D eigenvalue weighted by Gasteiger charge is -2.14. The zero-order chi connectivity index (χ0) is 20.5. The summed E-state index contributed by atoms with van der Waals surface area (Å²) in [6.07, 6.45) is 0.889. The Morgan fingerprint density at radius 3 is 2.57 bits per heavy atom. The van der Waals surface area contributed by atoms with Crippen LogP contribution in [-0.4, -0.2) is 35.5 Å². The van der Waals surface area contributed by atoms with Crippen molar-refractivity contribution in [3.63, 3.8) is 0 Å². The Labute approximate surface area is 174 Å². The molecule has 0 unspecified atom stereocenters. The van der Waals surface area contributed by atoms with E-state index in [4.69, 9.17) is 27.9 Å². The van der Waals surface area contributed by atoms with Gasteiger partial charge in [0.1, 0.15) is 12.4 Å². The molecule has 0 saturated carbocycles. The molecular formula is C21H22Cl2O5. The third-order valence-electron chi connectivity index (χ3n) is 3.92. The number of rotatable bonds is 9. The number of methoxy groups -OCH3 is 1. The van der Waals surface area contributed by atoms with Crippen molar-refractivity contribution < 1.29 is 24.5 Å². The normalized spacial score (nSPS) is 13.3. The fourth-order valence-electron chi connectivity index (χ4n) is 2.50. The first-order chi connectivity index (χ1) is 13.4. The molecular weight excluding hydrogens is 403 g/mol. The highest BCUT2D eigenvalue weighted by Crippen LogP contribution is 2.33. The molecule has 2 aromatic carbocycles. The molecule has 0 aliphatic carbocycles. The summed E-state index contributed by atoms with van der Waals surface area (Å²) in [6.45, 7) is 0.332. The molecule has 2 aromatic rings. The first-order valence-corrected chi connectivity index (χ1v) is 9.41.